The van der Waals surface area contributed by atoms with Gasteiger partial charge in [-0.15, -0.1) is 0 Å². The maximum atomic E-state index is 12.1. The van der Waals surface area contributed by atoms with E-state index in [-0.39, 0.29) is 0 Å². The van der Waals surface area contributed by atoms with Gasteiger partial charge in [0.1, 0.15) is 0 Å². The molecule has 0 heterocycles. The van der Waals surface area contributed by atoms with Crippen LogP contribution in [0.3, 0.4) is 0 Å². The van der Waals surface area contributed by atoms with Crippen LogP contribution in [0.25, 0.3) is 0 Å². The Morgan fingerprint density at radius 1 is 1.25 bits per heavy atom. The molecule has 4 heteroatoms. The van der Waals surface area contributed by atoms with Crippen molar-refractivity contribution < 1.29 is 8.42 Å². The Labute approximate surface area is 97.9 Å². The van der Waals surface area contributed by atoms with Gasteiger partial charge >= 0.3 is 0 Å². The average molecular weight is 241 g/mol. The molecule has 1 rings (SSSR count). The van der Waals surface area contributed by atoms with Crippen LogP contribution in [0.2, 0.25) is 0 Å². The van der Waals surface area contributed by atoms with Crippen LogP contribution in [0.15, 0.2) is 23.1 Å². The lowest BCUT2D eigenvalue weighted by atomic mass is 10.1. The first-order chi connectivity index (χ1) is 7.53. The van der Waals surface area contributed by atoms with Gasteiger partial charge < -0.3 is 0 Å². The predicted molar refractivity (Wildman–Crippen MR) is 66.0 cm³/mol. The summed E-state index contributed by atoms with van der Waals surface area (Å²) in [6, 6.07) is 5.60. The third kappa shape index (κ3) is 2.83. The highest BCUT2D eigenvalue weighted by Gasteiger charge is 2.18. The minimum absolute atomic E-state index is 0.450. The first-order valence-corrected chi connectivity index (χ1v) is 7.09. The monoisotopic (exact) mass is 241 g/mol. The first kappa shape index (κ1) is 13.2. The van der Waals surface area contributed by atoms with Gasteiger partial charge in [-0.05, 0) is 30.9 Å². The molecule has 0 unspecified atom stereocenters. The van der Waals surface area contributed by atoms with E-state index >= 15 is 0 Å². The summed E-state index contributed by atoms with van der Waals surface area (Å²) in [7, 11) is -3.35. The van der Waals surface area contributed by atoms with Gasteiger partial charge in [0.2, 0.25) is 10.0 Å². The van der Waals surface area contributed by atoms with Gasteiger partial charge in [-0.1, -0.05) is 32.0 Å². The molecule has 0 atom stereocenters. The zero-order chi connectivity index (χ0) is 12.2. The fraction of sp³-hybridized carbons (Fsp3) is 0.500. The molecule has 0 saturated heterocycles. The van der Waals surface area contributed by atoms with Crippen LogP contribution >= 0.6 is 0 Å². The normalized spacial score (nSPS) is 11.7. The molecule has 90 valence electrons. The van der Waals surface area contributed by atoms with Gasteiger partial charge in [-0.25, -0.2) is 13.1 Å². The van der Waals surface area contributed by atoms with Gasteiger partial charge in [0.25, 0.3) is 0 Å². The van der Waals surface area contributed by atoms with Crippen molar-refractivity contribution in [3.8, 4) is 0 Å². The Morgan fingerprint density at radius 3 is 2.50 bits per heavy atom. The van der Waals surface area contributed by atoms with Crippen LogP contribution in [0, 0.1) is 6.92 Å². The van der Waals surface area contributed by atoms with Crippen molar-refractivity contribution in [2.75, 3.05) is 6.54 Å². The zero-order valence-electron chi connectivity index (χ0n) is 10.1. The molecule has 0 saturated carbocycles. The number of nitrogens with one attached hydrogen (secondary N) is 1. The van der Waals surface area contributed by atoms with Crippen LogP contribution < -0.4 is 4.72 Å². The van der Waals surface area contributed by atoms with Crippen molar-refractivity contribution >= 4 is 10.0 Å². The van der Waals surface area contributed by atoms with E-state index in [2.05, 4.69) is 4.72 Å². The van der Waals surface area contributed by atoms with E-state index in [1.54, 1.807) is 0 Å². The summed E-state index contributed by atoms with van der Waals surface area (Å²) in [6.07, 6.45) is 1.52. The summed E-state index contributed by atoms with van der Waals surface area (Å²) in [6.45, 7) is 6.23. The maximum absolute atomic E-state index is 12.1. The number of aryl methyl sites for hydroxylation is 2. The number of hydrogen-bond acceptors (Lipinski definition) is 2. The van der Waals surface area contributed by atoms with Crippen molar-refractivity contribution in [1.82, 2.24) is 4.72 Å². The van der Waals surface area contributed by atoms with Crippen molar-refractivity contribution in [3.63, 3.8) is 0 Å². The molecule has 0 spiro atoms. The fourth-order valence-corrected chi connectivity index (χ4v) is 3.35. The maximum Gasteiger partial charge on any atom is 0.241 e. The number of rotatable bonds is 5. The van der Waals surface area contributed by atoms with Gasteiger partial charge in [0.05, 0.1) is 4.90 Å². The Morgan fingerprint density at radius 2 is 1.94 bits per heavy atom. The molecule has 0 radical (unpaired) electrons. The Bertz CT molecular complexity index is 452. The van der Waals surface area contributed by atoms with Crippen molar-refractivity contribution in [3.05, 3.63) is 29.3 Å². The lowest BCUT2D eigenvalue weighted by Gasteiger charge is -2.12. The lowest BCUT2D eigenvalue weighted by Crippen LogP contribution is -2.26. The Balaban J connectivity index is 3.21. The molecule has 1 N–H and O–H groups in total. The first-order valence-electron chi connectivity index (χ1n) is 5.61. The summed E-state index contributed by atoms with van der Waals surface area (Å²) in [4.78, 5) is 0.450. The summed E-state index contributed by atoms with van der Waals surface area (Å²) in [5.74, 6) is 0. The molecular formula is C12H19NO2S. The fourth-order valence-electron chi connectivity index (χ4n) is 1.68. The Hall–Kier alpha value is -0.870. The molecule has 0 aromatic heterocycles. The van der Waals surface area contributed by atoms with Crippen molar-refractivity contribution in [2.45, 2.75) is 38.5 Å². The van der Waals surface area contributed by atoms with Crippen LogP contribution in [-0.4, -0.2) is 15.0 Å². The summed E-state index contributed by atoms with van der Waals surface area (Å²) in [5, 5.41) is 0. The molecule has 0 bridgehead atoms. The van der Waals surface area contributed by atoms with Gasteiger partial charge in [-0.3, -0.25) is 0 Å². The highest BCUT2D eigenvalue weighted by molar-refractivity contribution is 7.89. The molecule has 3 nitrogen and oxygen atoms in total. The molecular weight excluding hydrogens is 222 g/mol. The van der Waals surface area contributed by atoms with E-state index in [0.29, 0.717) is 11.4 Å². The van der Waals surface area contributed by atoms with E-state index in [9.17, 15) is 8.42 Å². The molecule has 1 aromatic carbocycles. The molecule has 1 aromatic rings. The summed E-state index contributed by atoms with van der Waals surface area (Å²) < 4.78 is 26.8. The zero-order valence-corrected chi connectivity index (χ0v) is 10.9. The lowest BCUT2D eigenvalue weighted by molar-refractivity contribution is 0.579. The van der Waals surface area contributed by atoms with Crippen LogP contribution in [0.5, 0.6) is 0 Å². The SMILES string of the molecule is CCCNS(=O)(=O)c1c(C)cccc1CC. The average Bonchev–Trinajstić information content (AvgIpc) is 2.25. The van der Waals surface area contributed by atoms with Crippen LogP contribution in [-0.2, 0) is 16.4 Å². The third-order valence-corrected chi connectivity index (χ3v) is 4.19. The molecule has 0 aliphatic heterocycles. The van der Waals surface area contributed by atoms with E-state index in [1.165, 1.54) is 0 Å². The smallest absolute Gasteiger partial charge is 0.211 e. The minimum atomic E-state index is -3.35. The van der Waals surface area contributed by atoms with E-state index < -0.39 is 10.0 Å². The van der Waals surface area contributed by atoms with Crippen molar-refractivity contribution in [2.24, 2.45) is 0 Å². The van der Waals surface area contributed by atoms with Crippen LogP contribution in [0.1, 0.15) is 31.4 Å². The van der Waals surface area contributed by atoms with Gasteiger partial charge in [-0.2, -0.15) is 0 Å². The van der Waals surface area contributed by atoms with E-state index in [4.69, 9.17) is 0 Å². The third-order valence-electron chi connectivity index (χ3n) is 2.49. The summed E-state index contributed by atoms with van der Waals surface area (Å²) in [5.41, 5.74) is 1.69. The molecule has 16 heavy (non-hydrogen) atoms. The predicted octanol–water partition coefficient (Wildman–Crippen LogP) is 2.25. The van der Waals surface area contributed by atoms with E-state index in [1.807, 2.05) is 39.0 Å². The second kappa shape index (κ2) is 5.46. The van der Waals surface area contributed by atoms with Crippen molar-refractivity contribution in [1.29, 1.82) is 0 Å². The van der Waals surface area contributed by atoms with Gasteiger partial charge in [0.15, 0.2) is 0 Å². The highest BCUT2D eigenvalue weighted by atomic mass is 32.2. The molecule has 0 fully saturated rings. The molecule has 0 aliphatic rings. The second-order valence-electron chi connectivity index (χ2n) is 3.81. The standard InChI is InChI=1S/C12H19NO2S/c1-4-9-13-16(14,15)12-10(3)7-6-8-11(12)5-2/h6-8,13H,4-5,9H2,1-3H3. The number of sulfonamides is 1. The minimum Gasteiger partial charge on any atom is -0.211 e. The Kier molecular flexibility index (Phi) is 4.50. The topological polar surface area (TPSA) is 46.2 Å². The molecule has 0 amide bonds. The van der Waals surface area contributed by atoms with E-state index in [0.717, 1.165) is 24.0 Å². The number of hydrogen-bond donors (Lipinski definition) is 1. The molecule has 0 aliphatic carbocycles. The second-order valence-corrected chi connectivity index (χ2v) is 5.52. The highest BCUT2D eigenvalue weighted by Crippen LogP contribution is 2.20. The quantitative estimate of drug-likeness (QED) is 0.859. The largest absolute Gasteiger partial charge is 0.241 e. The van der Waals surface area contributed by atoms with Crippen LogP contribution in [0.4, 0.5) is 0 Å². The van der Waals surface area contributed by atoms with Gasteiger partial charge in [0, 0.05) is 6.54 Å². The number of benzene rings is 1. The summed E-state index contributed by atoms with van der Waals surface area (Å²) >= 11 is 0.